The van der Waals surface area contributed by atoms with Crippen LogP contribution in [0, 0.1) is 0 Å². The lowest BCUT2D eigenvalue weighted by Gasteiger charge is -2.15. The van der Waals surface area contributed by atoms with Gasteiger partial charge < -0.3 is 10.5 Å². The summed E-state index contributed by atoms with van der Waals surface area (Å²) in [6, 6.07) is 9.68. The topological polar surface area (TPSA) is 51.4 Å². The average molecular weight is 301 g/mol. The molecule has 5 heteroatoms. The van der Waals surface area contributed by atoms with Crippen molar-refractivity contribution in [3.8, 4) is 5.88 Å². The number of rotatable bonds is 5. The maximum absolute atomic E-state index is 5.82. The molecule has 4 nitrogen and oxygen atoms in total. The summed E-state index contributed by atoms with van der Waals surface area (Å²) in [7, 11) is 0. The molecule has 0 amide bonds. The van der Waals surface area contributed by atoms with E-state index in [0.29, 0.717) is 17.5 Å². The number of benzene rings is 1. The number of hydrogen-bond acceptors (Lipinski definition) is 4. The Morgan fingerprint density at radius 3 is 2.81 bits per heavy atom. The van der Waals surface area contributed by atoms with Gasteiger partial charge in [0, 0.05) is 23.6 Å². The van der Waals surface area contributed by atoms with Crippen molar-refractivity contribution in [2.45, 2.75) is 12.8 Å². The van der Waals surface area contributed by atoms with Crippen LogP contribution in [0.2, 0.25) is 0 Å². The SMILES string of the molecule is NC(=S)c1cc(OCCN2CCCC2)nc2ccccc12. The summed E-state index contributed by atoms with van der Waals surface area (Å²) in [5.74, 6) is 0.593. The minimum atomic E-state index is 0.373. The van der Waals surface area contributed by atoms with Gasteiger partial charge in [-0.15, -0.1) is 0 Å². The van der Waals surface area contributed by atoms with Gasteiger partial charge >= 0.3 is 0 Å². The number of aromatic nitrogens is 1. The predicted octanol–water partition coefficient (Wildman–Crippen LogP) is 2.34. The molecule has 2 aromatic rings. The molecule has 1 aromatic carbocycles. The van der Waals surface area contributed by atoms with Crippen LogP contribution in [0.15, 0.2) is 30.3 Å². The molecule has 110 valence electrons. The predicted molar refractivity (Wildman–Crippen MR) is 88.8 cm³/mol. The van der Waals surface area contributed by atoms with Crippen molar-refractivity contribution < 1.29 is 4.74 Å². The average Bonchev–Trinajstić information content (AvgIpc) is 2.99. The molecule has 0 unspecified atom stereocenters. The van der Waals surface area contributed by atoms with E-state index < -0.39 is 0 Å². The van der Waals surface area contributed by atoms with Gasteiger partial charge in [0.15, 0.2) is 0 Å². The Balaban J connectivity index is 1.76. The Hall–Kier alpha value is -1.72. The van der Waals surface area contributed by atoms with Gasteiger partial charge in [0.25, 0.3) is 0 Å². The van der Waals surface area contributed by atoms with E-state index in [1.165, 1.54) is 25.9 Å². The normalized spacial score (nSPS) is 15.4. The van der Waals surface area contributed by atoms with Gasteiger partial charge in [-0.2, -0.15) is 0 Å². The molecule has 0 atom stereocenters. The number of hydrogen-bond donors (Lipinski definition) is 1. The fourth-order valence-electron chi connectivity index (χ4n) is 2.71. The largest absolute Gasteiger partial charge is 0.476 e. The molecule has 2 N–H and O–H groups in total. The lowest BCUT2D eigenvalue weighted by Crippen LogP contribution is -2.25. The highest BCUT2D eigenvalue weighted by Gasteiger charge is 2.12. The van der Waals surface area contributed by atoms with E-state index >= 15 is 0 Å². The van der Waals surface area contributed by atoms with E-state index in [4.69, 9.17) is 22.7 Å². The Morgan fingerprint density at radius 2 is 2.05 bits per heavy atom. The van der Waals surface area contributed by atoms with Crippen molar-refractivity contribution in [1.29, 1.82) is 0 Å². The number of para-hydroxylation sites is 1. The van der Waals surface area contributed by atoms with Crippen LogP contribution in [-0.2, 0) is 0 Å². The van der Waals surface area contributed by atoms with Gasteiger partial charge in [-0.1, -0.05) is 30.4 Å². The van der Waals surface area contributed by atoms with E-state index in [0.717, 1.165) is 23.0 Å². The summed E-state index contributed by atoms with van der Waals surface area (Å²) in [6.45, 7) is 3.93. The second-order valence-corrected chi connectivity index (χ2v) is 5.73. The minimum absolute atomic E-state index is 0.373. The van der Waals surface area contributed by atoms with Gasteiger partial charge in [0.1, 0.15) is 11.6 Å². The molecule has 0 spiro atoms. The number of ether oxygens (including phenoxy) is 1. The molecule has 21 heavy (non-hydrogen) atoms. The lowest BCUT2D eigenvalue weighted by molar-refractivity contribution is 0.232. The zero-order valence-corrected chi connectivity index (χ0v) is 12.7. The number of likely N-dealkylation sites (tertiary alicyclic amines) is 1. The molecule has 3 rings (SSSR count). The second-order valence-electron chi connectivity index (χ2n) is 5.29. The Bertz CT molecular complexity index is 653. The van der Waals surface area contributed by atoms with E-state index in [9.17, 15) is 0 Å². The van der Waals surface area contributed by atoms with Gasteiger partial charge in [-0.25, -0.2) is 4.98 Å². The highest BCUT2D eigenvalue weighted by atomic mass is 32.1. The third-order valence-corrected chi connectivity index (χ3v) is 4.03. The summed E-state index contributed by atoms with van der Waals surface area (Å²) in [5.41, 5.74) is 7.50. The molecule has 1 aromatic heterocycles. The first kappa shape index (κ1) is 14.2. The fourth-order valence-corrected chi connectivity index (χ4v) is 2.88. The van der Waals surface area contributed by atoms with E-state index in [1.807, 2.05) is 30.3 Å². The van der Waals surface area contributed by atoms with Crippen LogP contribution >= 0.6 is 12.2 Å². The number of thiocarbonyl (C=S) groups is 1. The molecular weight excluding hydrogens is 282 g/mol. The molecule has 0 aliphatic carbocycles. The quantitative estimate of drug-likeness (QED) is 0.859. The first-order chi connectivity index (χ1) is 10.2. The summed E-state index contributed by atoms with van der Waals surface area (Å²) in [4.78, 5) is 7.31. The Labute approximate surface area is 129 Å². The third kappa shape index (κ3) is 3.31. The zero-order valence-electron chi connectivity index (χ0n) is 11.9. The maximum Gasteiger partial charge on any atom is 0.214 e. The van der Waals surface area contributed by atoms with Crippen molar-refractivity contribution >= 4 is 28.1 Å². The van der Waals surface area contributed by atoms with Crippen molar-refractivity contribution in [3.05, 3.63) is 35.9 Å². The van der Waals surface area contributed by atoms with E-state index in [2.05, 4.69) is 9.88 Å². The maximum atomic E-state index is 5.82. The molecule has 2 heterocycles. The molecule has 0 radical (unpaired) electrons. The minimum Gasteiger partial charge on any atom is -0.476 e. The monoisotopic (exact) mass is 301 g/mol. The zero-order chi connectivity index (χ0) is 14.7. The van der Waals surface area contributed by atoms with Crippen molar-refractivity contribution in [1.82, 2.24) is 9.88 Å². The highest BCUT2D eigenvalue weighted by Crippen LogP contribution is 2.22. The van der Waals surface area contributed by atoms with Crippen molar-refractivity contribution in [2.75, 3.05) is 26.2 Å². The number of pyridine rings is 1. The van der Waals surface area contributed by atoms with Gasteiger partial charge in [-0.05, 0) is 32.0 Å². The first-order valence-electron chi connectivity index (χ1n) is 7.29. The smallest absolute Gasteiger partial charge is 0.214 e. The van der Waals surface area contributed by atoms with Crippen molar-refractivity contribution in [3.63, 3.8) is 0 Å². The van der Waals surface area contributed by atoms with Crippen LogP contribution in [0.3, 0.4) is 0 Å². The fraction of sp³-hybridized carbons (Fsp3) is 0.375. The van der Waals surface area contributed by atoms with Crippen LogP contribution < -0.4 is 10.5 Å². The lowest BCUT2D eigenvalue weighted by atomic mass is 10.1. The standard InChI is InChI=1S/C16H19N3OS/c17-16(21)13-11-15(18-14-6-2-1-5-12(13)14)20-10-9-19-7-3-4-8-19/h1-2,5-6,11H,3-4,7-10H2,(H2,17,21). The molecule has 0 bridgehead atoms. The highest BCUT2D eigenvalue weighted by molar-refractivity contribution is 7.80. The van der Waals surface area contributed by atoms with Crippen LogP contribution in [0.4, 0.5) is 0 Å². The molecule has 1 aliphatic rings. The Kier molecular flexibility index (Phi) is 4.31. The van der Waals surface area contributed by atoms with Crippen LogP contribution in [0.1, 0.15) is 18.4 Å². The van der Waals surface area contributed by atoms with Gasteiger partial charge in [-0.3, -0.25) is 4.90 Å². The molecular formula is C16H19N3OS. The Morgan fingerprint density at radius 1 is 1.29 bits per heavy atom. The molecule has 1 fully saturated rings. The van der Waals surface area contributed by atoms with Crippen LogP contribution in [0.25, 0.3) is 10.9 Å². The van der Waals surface area contributed by atoms with Gasteiger partial charge in [0.2, 0.25) is 5.88 Å². The summed E-state index contributed by atoms with van der Waals surface area (Å²) >= 11 is 5.14. The second kappa shape index (κ2) is 6.37. The molecule has 1 saturated heterocycles. The van der Waals surface area contributed by atoms with Crippen molar-refractivity contribution in [2.24, 2.45) is 5.73 Å². The molecule has 1 aliphatic heterocycles. The van der Waals surface area contributed by atoms with Crippen LogP contribution in [-0.4, -0.2) is 41.1 Å². The summed E-state index contributed by atoms with van der Waals surface area (Å²) in [6.07, 6.45) is 2.58. The molecule has 0 saturated carbocycles. The summed E-state index contributed by atoms with van der Waals surface area (Å²) in [5, 5.41) is 0.969. The number of nitrogens with two attached hydrogens (primary N) is 1. The third-order valence-electron chi connectivity index (χ3n) is 3.81. The van der Waals surface area contributed by atoms with E-state index in [-0.39, 0.29) is 0 Å². The first-order valence-corrected chi connectivity index (χ1v) is 7.69. The van der Waals surface area contributed by atoms with Gasteiger partial charge in [0.05, 0.1) is 5.52 Å². The number of nitrogens with zero attached hydrogens (tertiary/aromatic N) is 2. The number of fused-ring (bicyclic) bond motifs is 1. The van der Waals surface area contributed by atoms with E-state index in [1.54, 1.807) is 0 Å². The van der Waals surface area contributed by atoms with Crippen LogP contribution in [0.5, 0.6) is 5.88 Å². The summed E-state index contributed by atoms with van der Waals surface area (Å²) < 4.78 is 5.80.